The minimum atomic E-state index is 0. The largest absolute Gasteiger partial charge is 0.496 e. The summed E-state index contributed by atoms with van der Waals surface area (Å²) in [5, 5.41) is 0. The topological polar surface area (TPSA) is 12.5 Å². The van der Waals surface area contributed by atoms with E-state index in [0.29, 0.717) is 6.04 Å². The fourth-order valence-electron chi connectivity index (χ4n) is 1.37. The van der Waals surface area contributed by atoms with Crippen molar-refractivity contribution in [2.24, 2.45) is 0 Å². The van der Waals surface area contributed by atoms with Gasteiger partial charge in [-0.2, -0.15) is 0 Å². The Bertz CT molecular complexity index is 289. The molecule has 1 aromatic rings. The zero-order valence-electron chi connectivity index (χ0n) is 9.86. The Morgan fingerprint density at radius 2 is 1.87 bits per heavy atom. The van der Waals surface area contributed by atoms with Gasteiger partial charge in [0.2, 0.25) is 0 Å². The van der Waals surface area contributed by atoms with Crippen molar-refractivity contribution in [3.63, 3.8) is 0 Å². The summed E-state index contributed by atoms with van der Waals surface area (Å²) in [6, 6.07) is 8.73. The molecular formula is C12H20ClNO. The van der Waals surface area contributed by atoms with Crippen LogP contribution in [0.5, 0.6) is 5.75 Å². The first-order valence-electron chi connectivity index (χ1n) is 4.93. The van der Waals surface area contributed by atoms with E-state index in [1.54, 1.807) is 7.11 Å². The highest BCUT2D eigenvalue weighted by molar-refractivity contribution is 5.85. The van der Waals surface area contributed by atoms with E-state index in [-0.39, 0.29) is 12.4 Å². The third kappa shape index (κ3) is 4.10. The van der Waals surface area contributed by atoms with Crippen molar-refractivity contribution < 1.29 is 4.74 Å². The number of ether oxygens (including phenoxy) is 1. The van der Waals surface area contributed by atoms with Crippen LogP contribution in [0.2, 0.25) is 0 Å². The molecule has 0 spiro atoms. The molecule has 0 aliphatic heterocycles. The van der Waals surface area contributed by atoms with Crippen LogP contribution >= 0.6 is 12.4 Å². The third-order valence-electron chi connectivity index (χ3n) is 2.59. The normalized spacial score (nSPS) is 12.1. The number of halogens is 1. The van der Waals surface area contributed by atoms with Crippen molar-refractivity contribution in [3.8, 4) is 5.75 Å². The van der Waals surface area contributed by atoms with Crippen molar-refractivity contribution in [2.45, 2.75) is 19.4 Å². The van der Waals surface area contributed by atoms with Crippen molar-refractivity contribution in [1.29, 1.82) is 0 Å². The van der Waals surface area contributed by atoms with Gasteiger partial charge >= 0.3 is 0 Å². The lowest BCUT2D eigenvalue weighted by molar-refractivity contribution is 0.308. The molecular weight excluding hydrogens is 210 g/mol. The first kappa shape index (κ1) is 14.3. The molecule has 0 fully saturated rings. The molecule has 0 amide bonds. The summed E-state index contributed by atoms with van der Waals surface area (Å²) < 4.78 is 5.31. The maximum absolute atomic E-state index is 5.31. The molecule has 86 valence electrons. The van der Waals surface area contributed by atoms with Gasteiger partial charge in [0.05, 0.1) is 7.11 Å². The second-order valence-electron chi connectivity index (χ2n) is 3.83. The van der Waals surface area contributed by atoms with Crippen molar-refractivity contribution in [1.82, 2.24) is 4.90 Å². The maximum atomic E-state index is 5.31. The van der Waals surface area contributed by atoms with E-state index in [2.05, 4.69) is 38.1 Å². The molecule has 2 nitrogen and oxygen atoms in total. The molecule has 3 heteroatoms. The molecule has 0 aromatic heterocycles. The van der Waals surface area contributed by atoms with Gasteiger partial charge in [-0.1, -0.05) is 18.2 Å². The second kappa shape index (κ2) is 6.70. The fourth-order valence-corrected chi connectivity index (χ4v) is 1.37. The van der Waals surface area contributed by atoms with E-state index in [0.717, 1.165) is 12.2 Å². The highest BCUT2D eigenvalue weighted by Crippen LogP contribution is 2.19. The average molecular weight is 230 g/mol. The fraction of sp³-hybridized carbons (Fsp3) is 0.500. The molecule has 0 aliphatic rings. The minimum absolute atomic E-state index is 0. The molecule has 0 aliphatic carbocycles. The number of methoxy groups -OCH3 is 1. The van der Waals surface area contributed by atoms with Gasteiger partial charge in [-0.05, 0) is 39.1 Å². The molecule has 0 N–H and O–H groups in total. The first-order chi connectivity index (χ1) is 6.65. The van der Waals surface area contributed by atoms with Gasteiger partial charge in [0.25, 0.3) is 0 Å². The number of rotatable bonds is 4. The van der Waals surface area contributed by atoms with Gasteiger partial charge < -0.3 is 9.64 Å². The Hall–Kier alpha value is -0.730. The Balaban J connectivity index is 0.00000196. The number of para-hydroxylation sites is 1. The van der Waals surface area contributed by atoms with Crippen molar-refractivity contribution in [3.05, 3.63) is 29.8 Å². The summed E-state index contributed by atoms with van der Waals surface area (Å²) in [7, 11) is 5.92. The van der Waals surface area contributed by atoms with Crippen LogP contribution in [-0.4, -0.2) is 32.1 Å². The molecule has 1 rings (SSSR count). The quantitative estimate of drug-likeness (QED) is 0.787. The van der Waals surface area contributed by atoms with E-state index in [9.17, 15) is 0 Å². The van der Waals surface area contributed by atoms with Crippen LogP contribution in [0.3, 0.4) is 0 Å². The highest BCUT2D eigenvalue weighted by atomic mass is 35.5. The second-order valence-corrected chi connectivity index (χ2v) is 3.83. The molecule has 0 bridgehead atoms. The Kier molecular flexibility index (Phi) is 6.37. The summed E-state index contributed by atoms with van der Waals surface area (Å²) in [4.78, 5) is 2.21. The Morgan fingerprint density at radius 3 is 2.40 bits per heavy atom. The molecule has 0 heterocycles. The summed E-state index contributed by atoms with van der Waals surface area (Å²) in [5.74, 6) is 0.987. The molecule has 1 atom stereocenters. The van der Waals surface area contributed by atoms with Crippen LogP contribution in [0.15, 0.2) is 24.3 Å². The zero-order chi connectivity index (χ0) is 10.6. The highest BCUT2D eigenvalue weighted by Gasteiger charge is 2.08. The van der Waals surface area contributed by atoms with Crippen molar-refractivity contribution in [2.75, 3.05) is 21.2 Å². The van der Waals surface area contributed by atoms with Gasteiger partial charge in [-0.3, -0.25) is 0 Å². The van der Waals surface area contributed by atoms with E-state index < -0.39 is 0 Å². The average Bonchev–Trinajstić information content (AvgIpc) is 2.18. The number of hydrogen-bond acceptors (Lipinski definition) is 2. The molecule has 1 unspecified atom stereocenters. The van der Waals surface area contributed by atoms with Crippen LogP contribution in [0.25, 0.3) is 0 Å². The first-order valence-corrected chi connectivity index (χ1v) is 4.93. The molecule has 0 saturated heterocycles. The van der Waals surface area contributed by atoms with Crippen LogP contribution < -0.4 is 4.74 Å². The van der Waals surface area contributed by atoms with E-state index >= 15 is 0 Å². The van der Waals surface area contributed by atoms with Gasteiger partial charge in [0, 0.05) is 6.04 Å². The van der Waals surface area contributed by atoms with Crippen LogP contribution in [-0.2, 0) is 6.42 Å². The lowest BCUT2D eigenvalue weighted by atomic mass is 10.1. The lowest BCUT2D eigenvalue weighted by Gasteiger charge is -2.20. The number of likely N-dealkylation sites (N-methyl/N-ethyl adjacent to an activating group) is 1. The van der Waals surface area contributed by atoms with Crippen LogP contribution in [0.4, 0.5) is 0 Å². The molecule has 0 radical (unpaired) electrons. The van der Waals surface area contributed by atoms with Crippen molar-refractivity contribution >= 4 is 12.4 Å². The molecule has 1 aromatic carbocycles. The number of nitrogens with zero attached hydrogens (tertiary/aromatic N) is 1. The van der Waals surface area contributed by atoms with Gasteiger partial charge in [0.1, 0.15) is 5.75 Å². The smallest absolute Gasteiger partial charge is 0.122 e. The van der Waals surface area contributed by atoms with E-state index in [1.807, 2.05) is 12.1 Å². The van der Waals surface area contributed by atoms with E-state index in [1.165, 1.54) is 5.56 Å². The summed E-state index contributed by atoms with van der Waals surface area (Å²) in [5.41, 5.74) is 1.27. The number of benzene rings is 1. The summed E-state index contributed by atoms with van der Waals surface area (Å²) in [6.07, 6.45) is 1.02. The van der Waals surface area contributed by atoms with Crippen LogP contribution in [0, 0.1) is 0 Å². The predicted octanol–water partition coefficient (Wildman–Crippen LogP) is 2.61. The SMILES string of the molecule is COc1ccccc1CC(C)N(C)C.Cl. The monoisotopic (exact) mass is 229 g/mol. The third-order valence-corrected chi connectivity index (χ3v) is 2.59. The predicted molar refractivity (Wildman–Crippen MR) is 67.1 cm³/mol. The van der Waals surface area contributed by atoms with E-state index in [4.69, 9.17) is 4.74 Å². The number of hydrogen-bond donors (Lipinski definition) is 0. The lowest BCUT2D eigenvalue weighted by Crippen LogP contribution is -2.26. The van der Waals surface area contributed by atoms with Gasteiger partial charge in [-0.25, -0.2) is 0 Å². The summed E-state index contributed by atoms with van der Waals surface area (Å²) >= 11 is 0. The minimum Gasteiger partial charge on any atom is -0.496 e. The Morgan fingerprint density at radius 1 is 1.27 bits per heavy atom. The van der Waals surface area contributed by atoms with Gasteiger partial charge in [0.15, 0.2) is 0 Å². The maximum Gasteiger partial charge on any atom is 0.122 e. The zero-order valence-corrected chi connectivity index (χ0v) is 10.7. The summed E-state index contributed by atoms with van der Waals surface area (Å²) in [6.45, 7) is 2.21. The molecule has 15 heavy (non-hydrogen) atoms. The molecule has 0 saturated carbocycles. The van der Waals surface area contributed by atoms with Gasteiger partial charge in [-0.15, -0.1) is 12.4 Å². The van der Waals surface area contributed by atoms with Crippen LogP contribution in [0.1, 0.15) is 12.5 Å². The Labute approximate surface area is 98.6 Å². The standard InChI is InChI=1S/C12H19NO.ClH/c1-10(13(2)3)9-11-7-5-6-8-12(11)14-4;/h5-8,10H,9H2,1-4H3;1H.